The van der Waals surface area contributed by atoms with E-state index >= 15 is 0 Å². The van der Waals surface area contributed by atoms with Crippen LogP contribution in [0.4, 0.5) is 0 Å². The van der Waals surface area contributed by atoms with Gasteiger partial charge in [-0.05, 0) is 47.5 Å². The molecule has 0 bridgehead atoms. The second-order valence-electron chi connectivity index (χ2n) is 7.10. The molecule has 5 nitrogen and oxygen atoms in total. The first kappa shape index (κ1) is 20.8. The van der Waals surface area contributed by atoms with Crippen LogP contribution in [0.5, 0.6) is 0 Å². The van der Waals surface area contributed by atoms with E-state index < -0.39 is 0 Å². The molecule has 0 unspecified atom stereocenters. The highest BCUT2D eigenvalue weighted by Crippen LogP contribution is 2.20. The summed E-state index contributed by atoms with van der Waals surface area (Å²) in [5.41, 5.74) is 3.63. The van der Waals surface area contributed by atoms with Crippen LogP contribution in [0.2, 0.25) is 0 Å². The van der Waals surface area contributed by atoms with Crippen LogP contribution in [0, 0.1) is 0 Å². The molecular weight excluding hydrogens is 262 g/mol. The second kappa shape index (κ2) is 9.74. The lowest BCUT2D eigenvalue weighted by Crippen LogP contribution is -2.68. The quantitative estimate of drug-likeness (QED) is 0.494. The minimum absolute atomic E-state index is 0.0260. The molecule has 0 rings (SSSR count). The van der Waals surface area contributed by atoms with Crippen molar-refractivity contribution < 1.29 is 0 Å². The minimum Gasteiger partial charge on any atom is -0.240 e. The van der Waals surface area contributed by atoms with Crippen LogP contribution < -0.4 is 5.43 Å². The Hall–Kier alpha value is -0.200. The molecule has 0 aromatic heterocycles. The van der Waals surface area contributed by atoms with Crippen LogP contribution in [0.25, 0.3) is 0 Å². The van der Waals surface area contributed by atoms with Crippen molar-refractivity contribution in [1.82, 2.24) is 25.8 Å². The molecule has 0 saturated heterocycles. The molecule has 0 fully saturated rings. The van der Waals surface area contributed by atoms with Gasteiger partial charge in [0.2, 0.25) is 0 Å². The fraction of sp³-hybridized carbons (Fsp3) is 1.00. The third kappa shape index (κ3) is 7.06. The van der Waals surface area contributed by atoms with Crippen molar-refractivity contribution in [3.05, 3.63) is 0 Å². The maximum atomic E-state index is 3.60. The summed E-state index contributed by atoms with van der Waals surface area (Å²) in [6, 6.07) is 0.401. The van der Waals surface area contributed by atoms with E-state index in [9.17, 15) is 0 Å². The monoisotopic (exact) mass is 301 g/mol. The van der Waals surface area contributed by atoms with Crippen molar-refractivity contribution in [2.24, 2.45) is 0 Å². The number of nitrogens with one attached hydrogen (secondary N) is 1. The predicted octanol–water partition coefficient (Wildman–Crippen LogP) is 3.12. The van der Waals surface area contributed by atoms with Crippen molar-refractivity contribution in [3.8, 4) is 0 Å². The van der Waals surface area contributed by atoms with Gasteiger partial charge in [-0.3, -0.25) is 0 Å². The molecule has 0 radical (unpaired) electrons. The Morgan fingerprint density at radius 1 is 1.00 bits per heavy atom. The molecule has 0 heterocycles. The van der Waals surface area contributed by atoms with E-state index in [1.165, 1.54) is 12.8 Å². The number of rotatable bonds is 10. The standard InChI is InChI=1S/C16H39N5/c1-10-12-13-17-20(15(3)4)19(14-11-2)21(18(8)9)16(5,6)7/h15,17H,10-14H2,1-9H3. The molecule has 21 heavy (non-hydrogen) atoms. The van der Waals surface area contributed by atoms with E-state index in [1.807, 2.05) is 0 Å². The van der Waals surface area contributed by atoms with Crippen LogP contribution in [0.15, 0.2) is 0 Å². The third-order valence-corrected chi connectivity index (χ3v) is 3.16. The molecule has 0 amide bonds. The largest absolute Gasteiger partial charge is 0.240 e. The highest BCUT2D eigenvalue weighted by molar-refractivity contribution is 4.72. The van der Waals surface area contributed by atoms with Gasteiger partial charge in [0, 0.05) is 38.8 Å². The molecule has 0 aromatic rings. The lowest BCUT2D eigenvalue weighted by molar-refractivity contribution is -0.323. The Labute approximate surface area is 133 Å². The van der Waals surface area contributed by atoms with Gasteiger partial charge in [-0.25, -0.2) is 10.4 Å². The number of nitrogens with zero attached hydrogens (tertiary/aromatic N) is 4. The first-order chi connectivity index (χ1) is 9.66. The van der Waals surface area contributed by atoms with Crippen LogP contribution >= 0.6 is 0 Å². The van der Waals surface area contributed by atoms with Gasteiger partial charge in [0.05, 0.1) is 0 Å². The van der Waals surface area contributed by atoms with E-state index in [-0.39, 0.29) is 5.54 Å². The Kier molecular flexibility index (Phi) is 9.65. The Morgan fingerprint density at radius 2 is 1.57 bits per heavy atom. The summed E-state index contributed by atoms with van der Waals surface area (Å²) < 4.78 is 0. The molecule has 0 aliphatic rings. The number of hydrazine groups is 4. The molecule has 0 aliphatic carbocycles. The molecule has 0 atom stereocenters. The SMILES string of the molecule is CCCCNN(C(C)C)N(CCC)N(N(C)C)C(C)(C)C. The zero-order chi connectivity index (χ0) is 16.6. The topological polar surface area (TPSA) is 25.0 Å². The van der Waals surface area contributed by atoms with Gasteiger partial charge in [0.15, 0.2) is 0 Å². The summed E-state index contributed by atoms with van der Waals surface area (Å²) in [5, 5.41) is 9.13. The normalized spacial score (nSPS) is 13.4. The lowest BCUT2D eigenvalue weighted by Gasteiger charge is -2.51. The summed E-state index contributed by atoms with van der Waals surface area (Å²) in [6.45, 7) is 17.7. The fourth-order valence-corrected chi connectivity index (χ4v) is 2.55. The van der Waals surface area contributed by atoms with Crippen molar-refractivity contribution in [2.75, 3.05) is 27.2 Å². The second-order valence-corrected chi connectivity index (χ2v) is 7.10. The van der Waals surface area contributed by atoms with E-state index in [0.29, 0.717) is 6.04 Å². The van der Waals surface area contributed by atoms with Crippen molar-refractivity contribution in [2.45, 2.75) is 79.3 Å². The van der Waals surface area contributed by atoms with Gasteiger partial charge < -0.3 is 0 Å². The molecule has 128 valence electrons. The van der Waals surface area contributed by atoms with Crippen molar-refractivity contribution >= 4 is 0 Å². The molecule has 1 N–H and O–H groups in total. The molecule has 0 spiro atoms. The van der Waals surface area contributed by atoms with Gasteiger partial charge in [0.1, 0.15) is 0 Å². The summed E-state index contributed by atoms with van der Waals surface area (Å²) in [7, 11) is 4.22. The van der Waals surface area contributed by atoms with E-state index in [4.69, 9.17) is 0 Å². The average molecular weight is 302 g/mol. The van der Waals surface area contributed by atoms with Gasteiger partial charge in [0.25, 0.3) is 0 Å². The smallest absolute Gasteiger partial charge is 0.0444 e. The molecule has 0 saturated carbocycles. The number of hydrogen-bond donors (Lipinski definition) is 1. The van der Waals surface area contributed by atoms with Crippen LogP contribution in [-0.2, 0) is 0 Å². The average Bonchev–Trinajstić information content (AvgIpc) is 2.31. The minimum atomic E-state index is 0.0260. The van der Waals surface area contributed by atoms with Gasteiger partial charge in [-0.2, -0.15) is 10.2 Å². The van der Waals surface area contributed by atoms with Crippen LogP contribution in [-0.4, -0.2) is 59.1 Å². The van der Waals surface area contributed by atoms with Crippen molar-refractivity contribution in [1.29, 1.82) is 0 Å². The predicted molar refractivity (Wildman–Crippen MR) is 92.2 cm³/mol. The lowest BCUT2D eigenvalue weighted by atomic mass is 10.1. The fourth-order valence-electron chi connectivity index (χ4n) is 2.55. The number of hydrogen-bond acceptors (Lipinski definition) is 5. The van der Waals surface area contributed by atoms with Gasteiger partial charge in [-0.1, -0.05) is 20.3 Å². The molecule has 0 aromatic carbocycles. The summed E-state index contributed by atoms with van der Waals surface area (Å²) in [5.74, 6) is 0. The van der Waals surface area contributed by atoms with Gasteiger partial charge in [-0.15, -0.1) is 5.12 Å². The first-order valence-corrected chi connectivity index (χ1v) is 8.44. The summed E-state index contributed by atoms with van der Waals surface area (Å²) >= 11 is 0. The zero-order valence-electron chi connectivity index (χ0n) is 15.9. The molecule has 5 heteroatoms. The Bertz CT molecular complexity index is 260. The maximum absolute atomic E-state index is 3.60. The Morgan fingerprint density at radius 3 is 1.90 bits per heavy atom. The van der Waals surface area contributed by atoms with E-state index in [2.05, 4.69) is 88.3 Å². The summed E-state index contributed by atoms with van der Waals surface area (Å²) in [6.07, 6.45) is 3.52. The van der Waals surface area contributed by atoms with Crippen LogP contribution in [0.3, 0.4) is 0 Å². The molecular formula is C16H39N5. The highest BCUT2D eigenvalue weighted by Gasteiger charge is 2.33. The molecule has 0 aliphatic heterocycles. The van der Waals surface area contributed by atoms with E-state index in [0.717, 1.165) is 19.5 Å². The van der Waals surface area contributed by atoms with Gasteiger partial charge >= 0.3 is 0 Å². The van der Waals surface area contributed by atoms with Crippen molar-refractivity contribution in [3.63, 3.8) is 0 Å². The maximum Gasteiger partial charge on any atom is 0.0444 e. The van der Waals surface area contributed by atoms with E-state index in [1.54, 1.807) is 0 Å². The van der Waals surface area contributed by atoms with Crippen LogP contribution in [0.1, 0.15) is 67.7 Å². The first-order valence-electron chi connectivity index (χ1n) is 8.44. The third-order valence-electron chi connectivity index (χ3n) is 3.16. The highest BCUT2D eigenvalue weighted by atomic mass is 16.0. The number of unbranched alkanes of at least 4 members (excludes halogenated alkanes) is 1. The Balaban J connectivity index is 5.25. The summed E-state index contributed by atoms with van der Waals surface area (Å²) in [4.78, 5) is 0. The zero-order valence-corrected chi connectivity index (χ0v) is 15.9.